The number of carbonyl (C=O) groups excluding carboxylic acids is 1. The third-order valence-electron chi connectivity index (χ3n) is 3.25. The molecule has 0 aromatic heterocycles. The number of Topliss-reactive ketones (excluding diaryl/α,β-unsaturated/α-hetero) is 1. The Morgan fingerprint density at radius 2 is 2.08 bits per heavy atom. The molecule has 1 saturated carbocycles. The van der Waals surface area contributed by atoms with Gasteiger partial charge in [0, 0.05) is 11.7 Å². The third-order valence-corrected chi connectivity index (χ3v) is 4.34. The standard InChI is InChI=1S/C10H16O2S/c11-9-4-2-1-3-7(9)8-5-13-6-10(8)12/h7-9,11H,1-6H2. The van der Waals surface area contributed by atoms with Crippen LogP contribution < -0.4 is 0 Å². The number of ketones is 1. The quantitative estimate of drug-likeness (QED) is 0.696. The molecule has 0 bridgehead atoms. The molecule has 3 unspecified atom stereocenters. The van der Waals surface area contributed by atoms with E-state index in [0.29, 0.717) is 11.5 Å². The van der Waals surface area contributed by atoms with Crippen molar-refractivity contribution in [2.75, 3.05) is 11.5 Å². The lowest BCUT2D eigenvalue weighted by atomic mass is 9.77. The van der Waals surface area contributed by atoms with Gasteiger partial charge in [-0.3, -0.25) is 4.79 Å². The second kappa shape index (κ2) is 4.01. The van der Waals surface area contributed by atoms with Crippen LogP contribution in [-0.2, 0) is 4.79 Å². The zero-order valence-corrected chi connectivity index (χ0v) is 8.55. The van der Waals surface area contributed by atoms with Crippen LogP contribution in [0.25, 0.3) is 0 Å². The average molecular weight is 200 g/mol. The fourth-order valence-corrected chi connectivity index (χ4v) is 3.68. The lowest BCUT2D eigenvalue weighted by molar-refractivity contribution is -0.122. The molecule has 3 heteroatoms. The summed E-state index contributed by atoms with van der Waals surface area (Å²) in [7, 11) is 0. The minimum atomic E-state index is -0.207. The summed E-state index contributed by atoms with van der Waals surface area (Å²) in [5, 5.41) is 9.79. The maximum absolute atomic E-state index is 11.5. The summed E-state index contributed by atoms with van der Waals surface area (Å²) in [6.07, 6.45) is 4.07. The van der Waals surface area contributed by atoms with E-state index in [1.807, 2.05) is 0 Å². The van der Waals surface area contributed by atoms with Crippen molar-refractivity contribution in [2.24, 2.45) is 11.8 Å². The Bertz CT molecular complexity index is 205. The van der Waals surface area contributed by atoms with Crippen LogP contribution in [0.4, 0.5) is 0 Å². The molecule has 3 atom stereocenters. The molecule has 0 amide bonds. The predicted molar refractivity (Wildman–Crippen MR) is 53.8 cm³/mol. The summed E-state index contributed by atoms with van der Waals surface area (Å²) in [4.78, 5) is 11.5. The first-order chi connectivity index (χ1) is 6.29. The summed E-state index contributed by atoms with van der Waals surface area (Å²) in [5.41, 5.74) is 0. The van der Waals surface area contributed by atoms with Crippen LogP contribution in [0.1, 0.15) is 25.7 Å². The highest BCUT2D eigenvalue weighted by Gasteiger charge is 2.37. The zero-order chi connectivity index (χ0) is 9.26. The molecule has 13 heavy (non-hydrogen) atoms. The Morgan fingerprint density at radius 3 is 2.69 bits per heavy atom. The fraction of sp³-hybridized carbons (Fsp3) is 0.900. The Labute approximate surface area is 83.1 Å². The van der Waals surface area contributed by atoms with Crippen molar-refractivity contribution in [3.05, 3.63) is 0 Å². The molecular weight excluding hydrogens is 184 g/mol. The normalized spacial score (nSPS) is 41.0. The first kappa shape index (κ1) is 9.53. The molecule has 1 aliphatic heterocycles. The minimum Gasteiger partial charge on any atom is -0.393 e. The molecule has 0 spiro atoms. The first-order valence-corrected chi connectivity index (χ1v) is 6.23. The van der Waals surface area contributed by atoms with Crippen LogP contribution in [0.3, 0.4) is 0 Å². The van der Waals surface area contributed by atoms with Gasteiger partial charge < -0.3 is 5.11 Å². The smallest absolute Gasteiger partial charge is 0.147 e. The molecule has 74 valence electrons. The summed E-state index contributed by atoms with van der Waals surface area (Å²) in [6.45, 7) is 0. The minimum absolute atomic E-state index is 0.167. The Balaban J connectivity index is 2.01. The van der Waals surface area contributed by atoms with E-state index in [0.717, 1.165) is 25.0 Å². The fourth-order valence-electron chi connectivity index (χ4n) is 2.46. The Hall–Kier alpha value is -0.0200. The van der Waals surface area contributed by atoms with Crippen molar-refractivity contribution in [3.63, 3.8) is 0 Å². The van der Waals surface area contributed by atoms with Gasteiger partial charge in [0.1, 0.15) is 5.78 Å². The Kier molecular flexibility index (Phi) is 2.94. The van der Waals surface area contributed by atoms with Gasteiger partial charge in [-0.1, -0.05) is 12.8 Å². The Morgan fingerprint density at radius 1 is 1.31 bits per heavy atom. The predicted octanol–water partition coefficient (Wildman–Crippen LogP) is 1.47. The van der Waals surface area contributed by atoms with Gasteiger partial charge in [-0.15, -0.1) is 0 Å². The molecule has 0 radical (unpaired) electrons. The summed E-state index contributed by atoms with van der Waals surface area (Å²) in [5.74, 6) is 2.43. The average Bonchev–Trinajstić information content (AvgIpc) is 2.52. The van der Waals surface area contributed by atoms with E-state index < -0.39 is 0 Å². The van der Waals surface area contributed by atoms with Crippen LogP contribution in [-0.4, -0.2) is 28.5 Å². The molecule has 2 fully saturated rings. The van der Waals surface area contributed by atoms with E-state index in [4.69, 9.17) is 0 Å². The molecule has 0 aromatic carbocycles. The maximum Gasteiger partial charge on any atom is 0.147 e. The lowest BCUT2D eigenvalue weighted by Crippen LogP contribution is -2.34. The van der Waals surface area contributed by atoms with Gasteiger partial charge in [-0.05, 0) is 18.8 Å². The number of carbonyl (C=O) groups is 1. The van der Waals surface area contributed by atoms with Gasteiger partial charge >= 0.3 is 0 Å². The van der Waals surface area contributed by atoms with E-state index >= 15 is 0 Å². The van der Waals surface area contributed by atoms with Gasteiger partial charge in [0.2, 0.25) is 0 Å². The van der Waals surface area contributed by atoms with Crippen LogP contribution in [0.15, 0.2) is 0 Å². The van der Waals surface area contributed by atoms with E-state index in [1.54, 1.807) is 11.8 Å². The number of aliphatic hydroxyl groups excluding tert-OH is 1. The van der Waals surface area contributed by atoms with Crippen molar-refractivity contribution < 1.29 is 9.90 Å². The van der Waals surface area contributed by atoms with Crippen molar-refractivity contribution >= 4 is 17.5 Å². The highest BCUT2D eigenvalue weighted by molar-refractivity contribution is 8.00. The number of rotatable bonds is 1. The van der Waals surface area contributed by atoms with Crippen LogP contribution in [0, 0.1) is 11.8 Å². The van der Waals surface area contributed by atoms with Gasteiger partial charge in [-0.2, -0.15) is 11.8 Å². The van der Waals surface area contributed by atoms with Crippen molar-refractivity contribution in [2.45, 2.75) is 31.8 Å². The highest BCUT2D eigenvalue weighted by Crippen LogP contribution is 2.36. The summed E-state index contributed by atoms with van der Waals surface area (Å²) in [6, 6.07) is 0. The highest BCUT2D eigenvalue weighted by atomic mass is 32.2. The van der Waals surface area contributed by atoms with Crippen molar-refractivity contribution in [3.8, 4) is 0 Å². The van der Waals surface area contributed by atoms with E-state index in [9.17, 15) is 9.90 Å². The van der Waals surface area contributed by atoms with E-state index in [-0.39, 0.29) is 17.9 Å². The molecule has 1 heterocycles. The van der Waals surface area contributed by atoms with E-state index in [2.05, 4.69) is 0 Å². The van der Waals surface area contributed by atoms with Gasteiger partial charge in [0.25, 0.3) is 0 Å². The second-order valence-corrected chi connectivity index (χ2v) is 5.13. The van der Waals surface area contributed by atoms with Crippen LogP contribution >= 0.6 is 11.8 Å². The second-order valence-electron chi connectivity index (χ2n) is 4.10. The zero-order valence-electron chi connectivity index (χ0n) is 7.74. The largest absolute Gasteiger partial charge is 0.393 e. The monoisotopic (exact) mass is 200 g/mol. The SMILES string of the molecule is O=C1CSCC1C1CCCCC1O. The molecule has 0 aromatic rings. The third kappa shape index (κ3) is 1.91. The van der Waals surface area contributed by atoms with Crippen LogP contribution in [0.5, 0.6) is 0 Å². The van der Waals surface area contributed by atoms with Gasteiger partial charge in [-0.25, -0.2) is 0 Å². The van der Waals surface area contributed by atoms with Crippen molar-refractivity contribution in [1.82, 2.24) is 0 Å². The molecule has 1 N–H and O–H groups in total. The maximum atomic E-state index is 11.5. The molecule has 1 aliphatic carbocycles. The summed E-state index contributed by atoms with van der Waals surface area (Å²) < 4.78 is 0. The van der Waals surface area contributed by atoms with Gasteiger partial charge in [0.05, 0.1) is 11.9 Å². The van der Waals surface area contributed by atoms with E-state index in [1.165, 1.54) is 6.42 Å². The summed E-state index contributed by atoms with van der Waals surface area (Å²) >= 11 is 1.73. The number of hydrogen-bond donors (Lipinski definition) is 1. The van der Waals surface area contributed by atoms with Crippen LogP contribution in [0.2, 0.25) is 0 Å². The molecule has 2 aliphatic rings. The number of thioether (sulfide) groups is 1. The van der Waals surface area contributed by atoms with Crippen molar-refractivity contribution in [1.29, 1.82) is 0 Å². The molecule has 1 saturated heterocycles. The number of aliphatic hydroxyl groups is 1. The lowest BCUT2D eigenvalue weighted by Gasteiger charge is -2.30. The first-order valence-electron chi connectivity index (χ1n) is 5.07. The molecule has 2 rings (SSSR count). The molecule has 2 nitrogen and oxygen atoms in total. The van der Waals surface area contributed by atoms with Gasteiger partial charge in [0.15, 0.2) is 0 Å². The number of hydrogen-bond acceptors (Lipinski definition) is 3. The topological polar surface area (TPSA) is 37.3 Å². The molecular formula is C10H16O2S.